The van der Waals surface area contributed by atoms with Crippen molar-refractivity contribution in [2.45, 2.75) is 13.0 Å². The lowest BCUT2D eigenvalue weighted by Crippen LogP contribution is -2.32. The van der Waals surface area contributed by atoms with Gasteiger partial charge in [-0.05, 0) is 30.0 Å². The van der Waals surface area contributed by atoms with Crippen LogP contribution in [0.15, 0.2) is 70.8 Å². The maximum absolute atomic E-state index is 13.2. The number of carbonyl (C=O) groups is 1. The quantitative estimate of drug-likeness (QED) is 0.577. The molecular weight excluding hydrogens is 370 g/mol. The fraction of sp³-hybridized carbons (Fsp3) is 0.136. The van der Waals surface area contributed by atoms with Crippen LogP contribution in [0.3, 0.4) is 0 Å². The maximum atomic E-state index is 13.2. The first-order chi connectivity index (χ1) is 13.5. The molecule has 0 aliphatic carbocycles. The molecule has 2 aromatic carbocycles. The van der Waals surface area contributed by atoms with Crippen LogP contribution >= 0.6 is 11.3 Å². The number of nitrogens with zero attached hydrogens (tertiary/aromatic N) is 2. The molecule has 0 radical (unpaired) electrons. The zero-order valence-corrected chi connectivity index (χ0v) is 16.4. The van der Waals surface area contributed by atoms with Gasteiger partial charge in [-0.1, -0.05) is 54.1 Å². The average Bonchev–Trinajstić information content (AvgIpc) is 3.24. The Morgan fingerprint density at radius 2 is 1.75 bits per heavy atom. The third-order valence-corrected chi connectivity index (χ3v) is 5.62. The van der Waals surface area contributed by atoms with E-state index in [2.05, 4.69) is 10.4 Å². The van der Waals surface area contributed by atoms with E-state index in [0.29, 0.717) is 10.8 Å². The smallest absolute Gasteiger partial charge is 0.274 e. The van der Waals surface area contributed by atoms with Gasteiger partial charge in [-0.2, -0.15) is 5.10 Å². The highest BCUT2D eigenvalue weighted by atomic mass is 32.1. The van der Waals surface area contributed by atoms with Gasteiger partial charge in [0.2, 0.25) is 0 Å². The molecule has 4 aromatic rings. The monoisotopic (exact) mass is 389 g/mol. The molecule has 5 nitrogen and oxygen atoms in total. The van der Waals surface area contributed by atoms with Gasteiger partial charge in [-0.25, -0.2) is 4.68 Å². The van der Waals surface area contributed by atoms with E-state index in [1.165, 1.54) is 4.68 Å². The molecule has 0 fully saturated rings. The number of nitrogens with one attached hydrogen (secondary N) is 1. The van der Waals surface area contributed by atoms with E-state index in [0.717, 1.165) is 16.0 Å². The van der Waals surface area contributed by atoms with Crippen LogP contribution in [-0.2, 0) is 7.05 Å². The summed E-state index contributed by atoms with van der Waals surface area (Å²) in [5.41, 5.74) is 2.17. The van der Waals surface area contributed by atoms with E-state index < -0.39 is 0 Å². The second-order valence-electron chi connectivity index (χ2n) is 6.66. The number of rotatable bonds is 4. The van der Waals surface area contributed by atoms with Gasteiger partial charge in [0.05, 0.1) is 11.4 Å². The molecule has 0 saturated carbocycles. The summed E-state index contributed by atoms with van der Waals surface area (Å²) in [6.07, 6.45) is 0. The number of amides is 1. The first-order valence-electron chi connectivity index (χ1n) is 8.91. The van der Waals surface area contributed by atoms with Gasteiger partial charge in [-0.15, -0.1) is 11.3 Å². The zero-order chi connectivity index (χ0) is 19.7. The molecule has 6 heteroatoms. The normalized spacial score (nSPS) is 12.1. The lowest BCUT2D eigenvalue weighted by atomic mass is 10.0. The summed E-state index contributed by atoms with van der Waals surface area (Å²) in [6.45, 7) is 2.03. The standard InChI is InChI=1S/C22H19N3O2S/c1-14-9-11-15(12-10-14)19(18-8-5-13-28-18)23-21(26)20-16-6-3-4-7-17(16)22(27)25(2)24-20/h3-13,19H,1-2H3,(H,23,26)/t19-/m0/s1. The molecule has 0 unspecified atom stereocenters. The van der Waals surface area contributed by atoms with Crippen LogP contribution in [0.1, 0.15) is 32.5 Å². The van der Waals surface area contributed by atoms with Crippen LogP contribution in [0, 0.1) is 6.92 Å². The molecule has 0 saturated heterocycles. The van der Waals surface area contributed by atoms with Crippen LogP contribution in [0.2, 0.25) is 0 Å². The largest absolute Gasteiger partial charge is 0.339 e. The first-order valence-corrected chi connectivity index (χ1v) is 9.79. The molecule has 1 N–H and O–H groups in total. The predicted octanol–water partition coefficient (Wildman–Crippen LogP) is 3.82. The molecule has 1 atom stereocenters. The Kier molecular flexibility index (Phi) is 4.79. The summed E-state index contributed by atoms with van der Waals surface area (Å²) in [5, 5.41) is 10.4. The van der Waals surface area contributed by atoms with Crippen LogP contribution < -0.4 is 10.9 Å². The van der Waals surface area contributed by atoms with Crippen molar-refractivity contribution in [2.75, 3.05) is 0 Å². The third kappa shape index (κ3) is 3.34. The highest BCUT2D eigenvalue weighted by molar-refractivity contribution is 7.10. The van der Waals surface area contributed by atoms with E-state index in [1.54, 1.807) is 42.6 Å². The van der Waals surface area contributed by atoms with Crippen molar-refractivity contribution in [1.82, 2.24) is 15.1 Å². The van der Waals surface area contributed by atoms with Crippen LogP contribution in [-0.4, -0.2) is 15.7 Å². The molecule has 28 heavy (non-hydrogen) atoms. The molecule has 0 aliphatic heterocycles. The van der Waals surface area contributed by atoms with Crippen molar-refractivity contribution in [1.29, 1.82) is 0 Å². The Bertz CT molecular complexity index is 1190. The minimum atomic E-state index is -0.314. The first kappa shape index (κ1) is 18.1. The van der Waals surface area contributed by atoms with Gasteiger partial charge in [0.1, 0.15) is 0 Å². The zero-order valence-electron chi connectivity index (χ0n) is 15.5. The third-order valence-electron chi connectivity index (χ3n) is 4.69. The average molecular weight is 389 g/mol. The van der Waals surface area contributed by atoms with E-state index in [9.17, 15) is 9.59 Å². The van der Waals surface area contributed by atoms with Crippen LogP contribution in [0.5, 0.6) is 0 Å². The molecule has 140 valence electrons. The highest BCUT2D eigenvalue weighted by Gasteiger charge is 2.22. The number of fused-ring (bicyclic) bond motifs is 1. The molecule has 0 bridgehead atoms. The summed E-state index contributed by atoms with van der Waals surface area (Å²) < 4.78 is 1.21. The minimum absolute atomic E-state index is 0.222. The molecule has 4 rings (SSSR count). The summed E-state index contributed by atoms with van der Waals surface area (Å²) in [7, 11) is 1.56. The molecule has 1 amide bonds. The SMILES string of the molecule is Cc1ccc([C@H](NC(=O)c2nn(C)c(=O)c3ccccc23)c2cccs2)cc1. The number of benzene rings is 2. The van der Waals surface area contributed by atoms with Gasteiger partial charge >= 0.3 is 0 Å². The Morgan fingerprint density at radius 1 is 1.04 bits per heavy atom. The van der Waals surface area contributed by atoms with Crippen LogP contribution in [0.4, 0.5) is 0 Å². The Hall–Kier alpha value is -3.25. The summed E-state index contributed by atoms with van der Waals surface area (Å²) >= 11 is 1.59. The highest BCUT2D eigenvalue weighted by Crippen LogP contribution is 2.27. The second kappa shape index (κ2) is 7.40. The van der Waals surface area contributed by atoms with Crippen molar-refractivity contribution in [3.05, 3.63) is 98.1 Å². The van der Waals surface area contributed by atoms with Crippen LogP contribution in [0.25, 0.3) is 10.8 Å². The summed E-state index contributed by atoms with van der Waals surface area (Å²) in [6, 6.07) is 18.8. The Balaban J connectivity index is 1.77. The fourth-order valence-corrected chi connectivity index (χ4v) is 4.00. The predicted molar refractivity (Wildman–Crippen MR) is 112 cm³/mol. The number of aromatic nitrogens is 2. The van der Waals surface area contributed by atoms with Crippen molar-refractivity contribution in [3.8, 4) is 0 Å². The van der Waals surface area contributed by atoms with Gasteiger partial charge in [0, 0.05) is 17.3 Å². The van der Waals surface area contributed by atoms with Crippen molar-refractivity contribution in [2.24, 2.45) is 7.05 Å². The van der Waals surface area contributed by atoms with Gasteiger partial charge in [-0.3, -0.25) is 9.59 Å². The van der Waals surface area contributed by atoms with E-state index >= 15 is 0 Å². The molecular formula is C22H19N3O2S. The van der Waals surface area contributed by atoms with Gasteiger partial charge < -0.3 is 5.32 Å². The maximum Gasteiger partial charge on any atom is 0.274 e. The van der Waals surface area contributed by atoms with E-state index in [1.807, 2.05) is 48.7 Å². The Labute approximate surface area is 166 Å². The van der Waals surface area contributed by atoms with Crippen molar-refractivity contribution >= 4 is 28.0 Å². The lowest BCUT2D eigenvalue weighted by molar-refractivity contribution is 0.0938. The number of thiophene rings is 1. The Morgan fingerprint density at radius 3 is 2.43 bits per heavy atom. The summed E-state index contributed by atoms with van der Waals surface area (Å²) in [4.78, 5) is 26.6. The number of aryl methyl sites for hydroxylation is 2. The summed E-state index contributed by atoms with van der Waals surface area (Å²) in [5.74, 6) is -0.314. The molecule has 2 aromatic heterocycles. The van der Waals surface area contributed by atoms with E-state index in [-0.39, 0.29) is 23.2 Å². The molecule has 0 spiro atoms. The molecule has 0 aliphatic rings. The van der Waals surface area contributed by atoms with Gasteiger partial charge in [0.15, 0.2) is 5.69 Å². The number of hydrogen-bond donors (Lipinski definition) is 1. The number of carbonyl (C=O) groups excluding carboxylic acids is 1. The lowest BCUT2D eigenvalue weighted by Gasteiger charge is -2.19. The van der Waals surface area contributed by atoms with E-state index in [4.69, 9.17) is 0 Å². The van der Waals surface area contributed by atoms with Crippen molar-refractivity contribution < 1.29 is 4.79 Å². The second-order valence-corrected chi connectivity index (χ2v) is 7.63. The van der Waals surface area contributed by atoms with Crippen molar-refractivity contribution in [3.63, 3.8) is 0 Å². The number of hydrogen-bond acceptors (Lipinski definition) is 4. The minimum Gasteiger partial charge on any atom is -0.339 e. The topological polar surface area (TPSA) is 64.0 Å². The fourth-order valence-electron chi connectivity index (χ4n) is 3.20. The molecule has 2 heterocycles. The van der Waals surface area contributed by atoms with Gasteiger partial charge in [0.25, 0.3) is 11.5 Å².